The van der Waals surface area contributed by atoms with Crippen molar-refractivity contribution in [2.24, 2.45) is 0 Å². The number of nitrogens with one attached hydrogen (secondary N) is 2. The largest absolute Gasteiger partial charge is 0.325 e. The summed E-state index contributed by atoms with van der Waals surface area (Å²) >= 11 is 7.36. The summed E-state index contributed by atoms with van der Waals surface area (Å²) in [4.78, 5) is 25.7. The van der Waals surface area contributed by atoms with E-state index in [0.29, 0.717) is 22.3 Å². The Bertz CT molecular complexity index is 1780. The van der Waals surface area contributed by atoms with Gasteiger partial charge in [-0.2, -0.15) is 4.52 Å². The average molecular weight is 529 g/mol. The predicted molar refractivity (Wildman–Crippen MR) is 146 cm³/mol. The maximum absolute atomic E-state index is 12.6. The van der Waals surface area contributed by atoms with Crippen molar-refractivity contribution in [1.29, 1.82) is 0 Å². The van der Waals surface area contributed by atoms with Crippen molar-refractivity contribution in [1.82, 2.24) is 24.6 Å². The fourth-order valence-electron chi connectivity index (χ4n) is 4.42. The molecule has 1 amide bonds. The quantitative estimate of drug-likeness (QED) is 0.173. The first-order chi connectivity index (χ1) is 18.0. The third-order valence-electron chi connectivity index (χ3n) is 6.11. The summed E-state index contributed by atoms with van der Waals surface area (Å²) in [7, 11) is 0. The van der Waals surface area contributed by atoms with E-state index in [2.05, 4.69) is 33.9 Å². The van der Waals surface area contributed by atoms with Gasteiger partial charge >= 0.3 is 0 Å². The van der Waals surface area contributed by atoms with Crippen molar-refractivity contribution in [3.05, 3.63) is 89.5 Å². The number of aromatic amines is 1. The molecule has 3 heterocycles. The molecule has 0 fully saturated rings. The van der Waals surface area contributed by atoms with E-state index in [1.165, 1.54) is 11.8 Å². The molecule has 0 aliphatic rings. The summed E-state index contributed by atoms with van der Waals surface area (Å²) in [6.45, 7) is 2.81. The van der Waals surface area contributed by atoms with Gasteiger partial charge in [0, 0.05) is 29.4 Å². The minimum atomic E-state index is -0.151. The van der Waals surface area contributed by atoms with Crippen LogP contribution in [0.3, 0.4) is 0 Å². The van der Waals surface area contributed by atoms with Crippen LogP contribution >= 0.6 is 23.4 Å². The van der Waals surface area contributed by atoms with Gasteiger partial charge in [0.05, 0.1) is 17.8 Å². The first kappa shape index (κ1) is 23.4. The summed E-state index contributed by atoms with van der Waals surface area (Å²) in [5.74, 6) is 1.83. The summed E-state index contributed by atoms with van der Waals surface area (Å²) in [6.07, 6.45) is 0.655. The zero-order chi connectivity index (χ0) is 25.4. The van der Waals surface area contributed by atoms with E-state index in [1.807, 2.05) is 36.4 Å². The number of hydrogen-bond donors (Lipinski definition) is 2. The molecule has 0 aliphatic carbocycles. The van der Waals surface area contributed by atoms with Crippen molar-refractivity contribution in [2.45, 2.75) is 25.0 Å². The van der Waals surface area contributed by atoms with Crippen LogP contribution in [0.1, 0.15) is 11.6 Å². The fourth-order valence-corrected chi connectivity index (χ4v) is 5.36. The molecule has 0 bridgehead atoms. The molecule has 10 heteroatoms. The molecule has 3 aromatic carbocycles. The number of halogens is 1. The Balaban J connectivity index is 1.27. The minimum Gasteiger partial charge on any atom is -0.325 e. The van der Waals surface area contributed by atoms with E-state index in [1.54, 1.807) is 28.8 Å². The highest BCUT2D eigenvalue weighted by Crippen LogP contribution is 2.24. The van der Waals surface area contributed by atoms with Crippen LogP contribution in [-0.4, -0.2) is 36.2 Å². The van der Waals surface area contributed by atoms with Gasteiger partial charge < -0.3 is 5.32 Å². The molecule has 6 rings (SSSR count). The van der Waals surface area contributed by atoms with Crippen LogP contribution in [-0.2, 0) is 17.8 Å². The van der Waals surface area contributed by atoms with Crippen molar-refractivity contribution in [2.75, 3.05) is 11.1 Å². The number of rotatable bonds is 7. The van der Waals surface area contributed by atoms with E-state index >= 15 is 0 Å². The lowest BCUT2D eigenvalue weighted by Crippen LogP contribution is -2.36. The molecular weight excluding hydrogens is 506 g/mol. The second kappa shape index (κ2) is 9.84. The minimum absolute atomic E-state index is 0.151. The van der Waals surface area contributed by atoms with Crippen LogP contribution in [0.15, 0.2) is 78.0 Å². The van der Waals surface area contributed by atoms with Crippen LogP contribution < -0.4 is 9.88 Å². The number of carbonyl (C=O) groups is 1. The molecule has 8 nitrogen and oxygen atoms in total. The first-order valence-electron chi connectivity index (χ1n) is 11.8. The number of imidazole rings is 1. The number of aryl methyl sites for hydroxylation is 3. The zero-order valence-electron chi connectivity index (χ0n) is 20.0. The predicted octanol–water partition coefficient (Wildman–Crippen LogP) is 4.98. The van der Waals surface area contributed by atoms with Gasteiger partial charge in [-0.05, 0) is 42.5 Å². The second-order valence-electron chi connectivity index (χ2n) is 8.65. The lowest BCUT2D eigenvalue weighted by molar-refractivity contribution is -0.677. The highest BCUT2D eigenvalue weighted by Gasteiger charge is 2.18. The van der Waals surface area contributed by atoms with Crippen LogP contribution in [0, 0.1) is 6.92 Å². The van der Waals surface area contributed by atoms with E-state index in [0.717, 1.165) is 45.8 Å². The maximum atomic E-state index is 12.6. The molecule has 184 valence electrons. The number of hydrogen-bond acceptors (Lipinski definition) is 5. The zero-order valence-corrected chi connectivity index (χ0v) is 21.6. The summed E-state index contributed by atoms with van der Waals surface area (Å²) in [5, 5.41) is 9.78. The highest BCUT2D eigenvalue weighted by molar-refractivity contribution is 7.99. The molecule has 0 spiro atoms. The molecule has 0 aliphatic heterocycles. The van der Waals surface area contributed by atoms with Gasteiger partial charge in [0.15, 0.2) is 27.7 Å². The number of para-hydroxylation sites is 3. The van der Waals surface area contributed by atoms with Gasteiger partial charge in [-0.25, -0.2) is 19.5 Å². The molecule has 37 heavy (non-hydrogen) atoms. The molecule has 0 unspecified atom stereocenters. The molecule has 2 N–H and O–H groups in total. The van der Waals surface area contributed by atoms with Crippen LogP contribution in [0.4, 0.5) is 5.69 Å². The van der Waals surface area contributed by atoms with Crippen LogP contribution in [0.5, 0.6) is 0 Å². The Labute approximate surface area is 221 Å². The van der Waals surface area contributed by atoms with Gasteiger partial charge in [-0.3, -0.25) is 4.79 Å². The number of fused-ring (bicyclic) bond motifs is 4. The van der Waals surface area contributed by atoms with Crippen molar-refractivity contribution in [3.63, 3.8) is 0 Å². The third-order valence-corrected chi connectivity index (χ3v) is 7.27. The molecule has 0 saturated carbocycles. The number of nitrogens with zero attached hydrogens (tertiary/aromatic N) is 5. The number of aromatic nitrogens is 6. The van der Waals surface area contributed by atoms with E-state index in [-0.39, 0.29) is 11.7 Å². The van der Waals surface area contributed by atoms with Gasteiger partial charge in [0.2, 0.25) is 5.91 Å². The molecule has 0 radical (unpaired) electrons. The number of benzene rings is 3. The van der Waals surface area contributed by atoms with E-state index in [4.69, 9.17) is 26.7 Å². The fraction of sp³-hybridized carbons (Fsp3) is 0.148. The van der Waals surface area contributed by atoms with Crippen molar-refractivity contribution in [3.8, 4) is 0 Å². The number of carbonyl (C=O) groups excluding carboxylic acids is 1. The normalized spacial score (nSPS) is 11.5. The topological polar surface area (TPSA) is 91.8 Å². The van der Waals surface area contributed by atoms with Crippen LogP contribution in [0.2, 0.25) is 5.02 Å². The second-order valence-corrected chi connectivity index (χ2v) is 10.0. The molecule has 6 aromatic rings. The standard InChI is InChI=1S/C27H22ClN7OS/c1-17-29-22-11-4-5-12-23(22)34(17)14-13-24-32-26-20-9-2-3-10-21(20)31-27(35(26)33-24)37-16-25(36)30-19-8-6-7-18(28)15-19/h2-12,15H,13-14,16H2,1H3,(H,30,36)/p+1. The Morgan fingerprint density at radius 3 is 2.81 bits per heavy atom. The number of anilines is 1. The monoisotopic (exact) mass is 528 g/mol. The molecule has 3 aromatic heterocycles. The summed E-state index contributed by atoms with van der Waals surface area (Å²) < 4.78 is 4.00. The lowest BCUT2D eigenvalue weighted by Gasteiger charge is -2.07. The summed E-state index contributed by atoms with van der Waals surface area (Å²) in [6, 6.07) is 23.2. The lowest BCUT2D eigenvalue weighted by atomic mass is 10.2. The maximum Gasteiger partial charge on any atom is 0.251 e. The molecular formula is C27H23ClN7OS+. The summed E-state index contributed by atoms with van der Waals surface area (Å²) in [5.41, 5.74) is 4.46. The SMILES string of the molecule is Cc1[nH]c2ccccc2[n+]1CCc1nc2c3ccccc3nc(SCC(=O)Nc3cccc(Cl)c3)n2n1. The Kier molecular flexibility index (Phi) is 6.23. The van der Waals surface area contributed by atoms with Gasteiger partial charge in [0.25, 0.3) is 5.82 Å². The molecule has 0 saturated heterocycles. The van der Waals surface area contributed by atoms with Gasteiger partial charge in [-0.1, -0.05) is 53.7 Å². The number of H-pyrrole nitrogens is 1. The van der Waals surface area contributed by atoms with Gasteiger partial charge in [-0.15, -0.1) is 5.10 Å². The first-order valence-corrected chi connectivity index (χ1v) is 13.2. The Hall–Kier alpha value is -3.95. The number of amides is 1. The number of thioether (sulfide) groups is 1. The average Bonchev–Trinajstić information content (AvgIpc) is 3.46. The Morgan fingerprint density at radius 2 is 1.92 bits per heavy atom. The van der Waals surface area contributed by atoms with Gasteiger partial charge in [0.1, 0.15) is 0 Å². The smallest absolute Gasteiger partial charge is 0.251 e. The van der Waals surface area contributed by atoms with Crippen LogP contribution in [0.25, 0.3) is 27.6 Å². The van der Waals surface area contributed by atoms with E-state index in [9.17, 15) is 4.79 Å². The third kappa shape index (κ3) is 4.75. The van der Waals surface area contributed by atoms with Crippen molar-refractivity contribution < 1.29 is 9.36 Å². The van der Waals surface area contributed by atoms with E-state index < -0.39 is 0 Å². The Morgan fingerprint density at radius 1 is 1.08 bits per heavy atom. The highest BCUT2D eigenvalue weighted by atomic mass is 35.5. The van der Waals surface area contributed by atoms with Crippen molar-refractivity contribution >= 4 is 62.5 Å². The molecule has 0 atom stereocenters.